The molecular formula is C14H19ClFN. The Balaban J connectivity index is 2.31. The molecule has 1 aromatic rings. The standard InChI is InChI=1S/C14H19ClFN/c1-9-4-3-5-11(9)14(17-2)12-8-10(16)6-7-13(12)15/h6-9,11,14,17H,3-5H2,1-2H3. The monoisotopic (exact) mass is 255 g/mol. The van der Waals surface area contributed by atoms with E-state index in [-0.39, 0.29) is 11.9 Å². The molecular weight excluding hydrogens is 237 g/mol. The summed E-state index contributed by atoms with van der Waals surface area (Å²) in [7, 11) is 1.93. The second-order valence-corrected chi connectivity index (χ2v) is 5.41. The van der Waals surface area contributed by atoms with Gasteiger partial charge in [-0.15, -0.1) is 0 Å². The van der Waals surface area contributed by atoms with Crippen molar-refractivity contribution in [2.75, 3.05) is 7.05 Å². The SMILES string of the molecule is CNC(c1cc(F)ccc1Cl)C1CCCC1C. The molecule has 3 heteroatoms. The average Bonchev–Trinajstić information content (AvgIpc) is 2.71. The van der Waals surface area contributed by atoms with Crippen LogP contribution in [-0.2, 0) is 0 Å². The molecule has 1 aliphatic rings. The van der Waals surface area contributed by atoms with Crippen LogP contribution in [-0.4, -0.2) is 7.05 Å². The molecule has 0 bridgehead atoms. The van der Waals surface area contributed by atoms with E-state index in [0.29, 0.717) is 16.9 Å². The van der Waals surface area contributed by atoms with Crippen molar-refractivity contribution in [2.24, 2.45) is 11.8 Å². The van der Waals surface area contributed by atoms with Gasteiger partial charge in [0.05, 0.1) is 0 Å². The lowest BCUT2D eigenvalue weighted by molar-refractivity contribution is 0.315. The Morgan fingerprint density at radius 2 is 2.18 bits per heavy atom. The van der Waals surface area contributed by atoms with E-state index in [1.807, 2.05) is 7.05 Å². The van der Waals surface area contributed by atoms with Crippen LogP contribution in [0.1, 0.15) is 37.8 Å². The van der Waals surface area contributed by atoms with Gasteiger partial charge in [0.25, 0.3) is 0 Å². The van der Waals surface area contributed by atoms with Gasteiger partial charge in [0.2, 0.25) is 0 Å². The van der Waals surface area contributed by atoms with E-state index < -0.39 is 0 Å². The molecule has 0 amide bonds. The number of nitrogens with one attached hydrogen (secondary N) is 1. The minimum absolute atomic E-state index is 0.163. The van der Waals surface area contributed by atoms with E-state index in [0.717, 1.165) is 5.56 Å². The van der Waals surface area contributed by atoms with Crippen molar-refractivity contribution >= 4 is 11.6 Å². The minimum Gasteiger partial charge on any atom is -0.313 e. The molecule has 1 aromatic carbocycles. The summed E-state index contributed by atoms with van der Waals surface area (Å²) >= 11 is 6.19. The molecule has 3 unspecified atom stereocenters. The summed E-state index contributed by atoms with van der Waals surface area (Å²) in [5.41, 5.74) is 0.896. The molecule has 0 spiro atoms. The van der Waals surface area contributed by atoms with Crippen molar-refractivity contribution < 1.29 is 4.39 Å². The maximum Gasteiger partial charge on any atom is 0.123 e. The van der Waals surface area contributed by atoms with Crippen LogP contribution < -0.4 is 5.32 Å². The molecule has 0 heterocycles. The zero-order valence-electron chi connectivity index (χ0n) is 10.3. The number of hydrogen-bond donors (Lipinski definition) is 1. The summed E-state index contributed by atoms with van der Waals surface area (Å²) in [6.45, 7) is 2.27. The molecule has 0 saturated heterocycles. The lowest BCUT2D eigenvalue weighted by Crippen LogP contribution is -2.27. The fraction of sp³-hybridized carbons (Fsp3) is 0.571. The summed E-state index contributed by atoms with van der Waals surface area (Å²) in [6.07, 6.45) is 3.71. The smallest absolute Gasteiger partial charge is 0.123 e. The first-order valence-electron chi connectivity index (χ1n) is 6.25. The highest BCUT2D eigenvalue weighted by molar-refractivity contribution is 6.31. The number of halogens is 2. The second-order valence-electron chi connectivity index (χ2n) is 5.00. The second kappa shape index (κ2) is 5.36. The lowest BCUT2D eigenvalue weighted by atomic mass is 9.86. The molecule has 0 radical (unpaired) electrons. The molecule has 94 valence electrons. The number of rotatable bonds is 3. The predicted molar refractivity (Wildman–Crippen MR) is 69.7 cm³/mol. The topological polar surface area (TPSA) is 12.0 Å². The number of hydrogen-bond acceptors (Lipinski definition) is 1. The maximum atomic E-state index is 13.3. The summed E-state index contributed by atoms with van der Waals surface area (Å²) < 4.78 is 13.3. The van der Waals surface area contributed by atoms with Crippen LogP contribution in [0.4, 0.5) is 4.39 Å². The first-order chi connectivity index (χ1) is 8.13. The Morgan fingerprint density at radius 1 is 1.41 bits per heavy atom. The molecule has 3 atom stereocenters. The summed E-state index contributed by atoms with van der Waals surface area (Å²) in [4.78, 5) is 0. The van der Waals surface area contributed by atoms with Gasteiger partial charge in [0.1, 0.15) is 5.82 Å². The van der Waals surface area contributed by atoms with Gasteiger partial charge in [-0.3, -0.25) is 0 Å². The molecule has 2 rings (SSSR count). The Morgan fingerprint density at radius 3 is 2.76 bits per heavy atom. The third-order valence-corrected chi connectivity index (χ3v) is 4.30. The molecule has 1 aliphatic carbocycles. The fourth-order valence-corrected chi connectivity index (χ4v) is 3.26. The predicted octanol–water partition coefficient (Wildman–Crippen LogP) is 4.18. The Bertz CT molecular complexity index is 394. The summed E-state index contributed by atoms with van der Waals surface area (Å²) in [5, 5.41) is 3.96. The molecule has 0 aliphatic heterocycles. The van der Waals surface area contributed by atoms with Crippen molar-refractivity contribution in [1.29, 1.82) is 0 Å². The summed E-state index contributed by atoms with van der Waals surface area (Å²) in [5.74, 6) is 1.02. The highest BCUT2D eigenvalue weighted by atomic mass is 35.5. The average molecular weight is 256 g/mol. The van der Waals surface area contributed by atoms with Crippen LogP contribution in [0.25, 0.3) is 0 Å². The van der Waals surface area contributed by atoms with Crippen molar-refractivity contribution in [3.63, 3.8) is 0 Å². The molecule has 17 heavy (non-hydrogen) atoms. The largest absolute Gasteiger partial charge is 0.313 e. The zero-order chi connectivity index (χ0) is 12.4. The van der Waals surface area contributed by atoms with Crippen molar-refractivity contribution in [3.05, 3.63) is 34.6 Å². The van der Waals surface area contributed by atoms with E-state index in [9.17, 15) is 4.39 Å². The third-order valence-electron chi connectivity index (χ3n) is 3.96. The van der Waals surface area contributed by atoms with Crippen LogP contribution in [0.3, 0.4) is 0 Å². The minimum atomic E-state index is -0.213. The lowest BCUT2D eigenvalue weighted by Gasteiger charge is -2.27. The van der Waals surface area contributed by atoms with Gasteiger partial charge in [0, 0.05) is 11.1 Å². The van der Waals surface area contributed by atoms with Gasteiger partial charge in [-0.1, -0.05) is 31.4 Å². The summed E-state index contributed by atoms with van der Waals surface area (Å²) in [6, 6.07) is 4.79. The fourth-order valence-electron chi connectivity index (χ4n) is 3.02. The third kappa shape index (κ3) is 2.63. The van der Waals surface area contributed by atoms with Crippen molar-refractivity contribution in [3.8, 4) is 0 Å². The number of benzene rings is 1. The van der Waals surface area contributed by atoms with Gasteiger partial charge in [-0.05, 0) is 49.1 Å². The molecule has 0 aromatic heterocycles. The van der Waals surface area contributed by atoms with Crippen LogP contribution >= 0.6 is 11.6 Å². The molecule has 1 nitrogen and oxygen atoms in total. The molecule has 1 fully saturated rings. The first kappa shape index (κ1) is 12.8. The quantitative estimate of drug-likeness (QED) is 0.855. The van der Waals surface area contributed by atoms with Crippen LogP contribution in [0.2, 0.25) is 5.02 Å². The van der Waals surface area contributed by atoms with Gasteiger partial charge in [-0.2, -0.15) is 0 Å². The van der Waals surface area contributed by atoms with Crippen LogP contribution in [0.15, 0.2) is 18.2 Å². The Kier molecular flexibility index (Phi) is 4.05. The van der Waals surface area contributed by atoms with E-state index in [1.165, 1.54) is 25.3 Å². The Labute approximate surface area is 107 Å². The van der Waals surface area contributed by atoms with Gasteiger partial charge < -0.3 is 5.32 Å². The highest BCUT2D eigenvalue weighted by Crippen LogP contribution is 2.41. The normalized spacial score (nSPS) is 26.1. The van der Waals surface area contributed by atoms with Gasteiger partial charge in [-0.25, -0.2) is 4.39 Å². The Hall–Kier alpha value is -0.600. The van der Waals surface area contributed by atoms with E-state index in [1.54, 1.807) is 12.1 Å². The highest BCUT2D eigenvalue weighted by Gasteiger charge is 2.32. The first-order valence-corrected chi connectivity index (χ1v) is 6.63. The molecule has 1 N–H and O–H groups in total. The molecule has 1 saturated carbocycles. The van der Waals surface area contributed by atoms with Crippen LogP contribution in [0.5, 0.6) is 0 Å². The van der Waals surface area contributed by atoms with Gasteiger partial charge >= 0.3 is 0 Å². The maximum absolute atomic E-state index is 13.3. The van der Waals surface area contributed by atoms with Crippen molar-refractivity contribution in [1.82, 2.24) is 5.32 Å². The van der Waals surface area contributed by atoms with Crippen LogP contribution in [0, 0.1) is 17.7 Å². The zero-order valence-corrected chi connectivity index (χ0v) is 11.1. The van der Waals surface area contributed by atoms with E-state index in [2.05, 4.69) is 12.2 Å². The van der Waals surface area contributed by atoms with E-state index >= 15 is 0 Å². The van der Waals surface area contributed by atoms with E-state index in [4.69, 9.17) is 11.6 Å². The van der Waals surface area contributed by atoms with Gasteiger partial charge in [0.15, 0.2) is 0 Å². The van der Waals surface area contributed by atoms with Crippen molar-refractivity contribution in [2.45, 2.75) is 32.2 Å².